The Labute approximate surface area is 182 Å². The van der Waals surface area contributed by atoms with E-state index in [1.807, 2.05) is 35.7 Å². The van der Waals surface area contributed by atoms with E-state index in [0.717, 1.165) is 36.7 Å². The Morgan fingerprint density at radius 2 is 2.11 bits per heavy atom. The van der Waals surface area contributed by atoms with E-state index >= 15 is 0 Å². The van der Waals surface area contributed by atoms with Crippen LogP contribution < -0.4 is 10.6 Å². The second-order valence-electron chi connectivity index (χ2n) is 6.40. The molecule has 0 radical (unpaired) electrons. The Kier molecular flexibility index (Phi) is 8.74. The molecule has 3 rings (SSSR count). The quantitative estimate of drug-likeness (QED) is 0.368. The van der Waals surface area contributed by atoms with Crippen LogP contribution in [0.15, 0.2) is 29.4 Å². The smallest absolute Gasteiger partial charge is 0.409 e. The number of carbonyl (C=O) groups is 1. The molecule has 28 heavy (non-hydrogen) atoms. The van der Waals surface area contributed by atoms with Gasteiger partial charge in [0.2, 0.25) is 0 Å². The molecule has 0 unspecified atom stereocenters. The molecule has 1 amide bonds. The molecule has 2 aromatic heterocycles. The topological polar surface area (TPSA) is 96.1 Å². The van der Waals surface area contributed by atoms with Crippen molar-refractivity contribution in [2.45, 2.75) is 32.2 Å². The fourth-order valence-electron chi connectivity index (χ4n) is 3.16. The highest BCUT2D eigenvalue weighted by molar-refractivity contribution is 14.0. The predicted octanol–water partition coefficient (Wildman–Crippen LogP) is 1.68. The second kappa shape index (κ2) is 11.0. The molecule has 0 saturated carbocycles. The highest BCUT2D eigenvalue weighted by Crippen LogP contribution is 2.11. The van der Waals surface area contributed by atoms with E-state index in [1.54, 1.807) is 11.9 Å². The summed E-state index contributed by atoms with van der Waals surface area (Å²) in [6, 6.07) is 6.14. The van der Waals surface area contributed by atoms with Crippen molar-refractivity contribution in [3.63, 3.8) is 0 Å². The van der Waals surface area contributed by atoms with Crippen LogP contribution in [0.5, 0.6) is 0 Å². The molecular weight excluding hydrogens is 473 g/mol. The third kappa shape index (κ3) is 5.69. The van der Waals surface area contributed by atoms with Crippen molar-refractivity contribution in [2.75, 3.05) is 33.3 Å². The number of aliphatic imine (C=N–C) groups is 1. The fourth-order valence-corrected chi connectivity index (χ4v) is 3.16. The Bertz CT molecular complexity index is 787. The standard InChI is InChI=1S/C18H27N7O2.HI/c1-3-27-18(26)24-12-8-14(9-13-24)21-17(19-2)20-10-7-16-23-22-15-6-4-5-11-25(15)16;/h4-6,11,14H,3,7-10,12-13H2,1-2H3,(H2,19,20,21);1H. The number of hydrogen-bond acceptors (Lipinski definition) is 5. The first kappa shape index (κ1) is 22.2. The van der Waals surface area contributed by atoms with Gasteiger partial charge in [-0.2, -0.15) is 0 Å². The van der Waals surface area contributed by atoms with Gasteiger partial charge in [-0.1, -0.05) is 6.07 Å². The first-order valence-electron chi connectivity index (χ1n) is 9.38. The molecule has 9 nitrogen and oxygen atoms in total. The summed E-state index contributed by atoms with van der Waals surface area (Å²) in [5, 5.41) is 15.2. The lowest BCUT2D eigenvalue weighted by Gasteiger charge is -2.32. The third-order valence-corrected chi connectivity index (χ3v) is 4.61. The van der Waals surface area contributed by atoms with Crippen LogP contribution >= 0.6 is 24.0 Å². The van der Waals surface area contributed by atoms with Gasteiger partial charge >= 0.3 is 6.09 Å². The van der Waals surface area contributed by atoms with Gasteiger partial charge < -0.3 is 20.3 Å². The van der Waals surface area contributed by atoms with Gasteiger partial charge in [0.25, 0.3) is 0 Å². The van der Waals surface area contributed by atoms with Crippen molar-refractivity contribution in [2.24, 2.45) is 4.99 Å². The van der Waals surface area contributed by atoms with Crippen molar-refractivity contribution >= 4 is 41.7 Å². The van der Waals surface area contributed by atoms with Crippen LogP contribution in [0.3, 0.4) is 0 Å². The zero-order chi connectivity index (χ0) is 19.1. The summed E-state index contributed by atoms with van der Waals surface area (Å²) in [7, 11) is 1.76. The van der Waals surface area contributed by atoms with E-state index < -0.39 is 0 Å². The Morgan fingerprint density at radius 3 is 2.82 bits per heavy atom. The molecule has 0 bridgehead atoms. The van der Waals surface area contributed by atoms with Gasteiger partial charge in [-0.05, 0) is 31.9 Å². The Balaban J connectivity index is 0.00000280. The zero-order valence-corrected chi connectivity index (χ0v) is 18.6. The molecule has 0 aromatic carbocycles. The van der Waals surface area contributed by atoms with Gasteiger partial charge in [0.15, 0.2) is 11.6 Å². The fraction of sp³-hybridized carbons (Fsp3) is 0.556. The monoisotopic (exact) mass is 501 g/mol. The highest BCUT2D eigenvalue weighted by Gasteiger charge is 2.24. The first-order valence-corrected chi connectivity index (χ1v) is 9.38. The minimum Gasteiger partial charge on any atom is -0.450 e. The summed E-state index contributed by atoms with van der Waals surface area (Å²) < 4.78 is 7.04. The average Bonchev–Trinajstić information content (AvgIpc) is 3.11. The lowest BCUT2D eigenvalue weighted by atomic mass is 10.1. The summed E-state index contributed by atoms with van der Waals surface area (Å²) in [5.74, 6) is 1.68. The third-order valence-electron chi connectivity index (χ3n) is 4.61. The summed E-state index contributed by atoms with van der Waals surface area (Å²) in [4.78, 5) is 17.8. The number of rotatable bonds is 5. The number of nitrogens with one attached hydrogen (secondary N) is 2. The molecular formula is C18H28IN7O2. The van der Waals surface area contributed by atoms with Crippen LogP contribution in [0.4, 0.5) is 4.79 Å². The maximum atomic E-state index is 11.8. The molecule has 1 aliphatic rings. The lowest BCUT2D eigenvalue weighted by Crippen LogP contribution is -2.50. The second-order valence-corrected chi connectivity index (χ2v) is 6.40. The minimum absolute atomic E-state index is 0. The summed E-state index contributed by atoms with van der Waals surface area (Å²) >= 11 is 0. The number of likely N-dealkylation sites (tertiary alicyclic amines) is 1. The molecule has 1 fully saturated rings. The molecule has 1 aliphatic heterocycles. The van der Waals surface area contributed by atoms with Gasteiger partial charge in [0, 0.05) is 45.3 Å². The van der Waals surface area contributed by atoms with Crippen LogP contribution in [0.25, 0.3) is 5.65 Å². The Hall–Kier alpha value is -2.11. The average molecular weight is 501 g/mol. The van der Waals surface area contributed by atoms with Crippen LogP contribution in [0.1, 0.15) is 25.6 Å². The summed E-state index contributed by atoms with van der Waals surface area (Å²) in [6.07, 6.45) is 4.23. The van der Waals surface area contributed by atoms with E-state index in [4.69, 9.17) is 4.74 Å². The number of pyridine rings is 1. The predicted molar refractivity (Wildman–Crippen MR) is 118 cm³/mol. The number of nitrogens with zero attached hydrogens (tertiary/aromatic N) is 5. The van der Waals surface area contributed by atoms with E-state index in [1.165, 1.54) is 0 Å². The van der Waals surface area contributed by atoms with Gasteiger partial charge in [-0.25, -0.2) is 4.79 Å². The SMILES string of the molecule is CCOC(=O)N1CCC(NC(=NC)NCCc2nnc3ccccn23)CC1.I. The number of amides is 1. The van der Waals surface area contributed by atoms with Gasteiger partial charge in [0.05, 0.1) is 6.61 Å². The molecule has 2 aromatic rings. The number of guanidine groups is 1. The lowest BCUT2D eigenvalue weighted by molar-refractivity contribution is 0.0963. The van der Waals surface area contributed by atoms with Gasteiger partial charge in [-0.15, -0.1) is 34.2 Å². The van der Waals surface area contributed by atoms with Crippen LogP contribution in [0, 0.1) is 0 Å². The van der Waals surface area contributed by atoms with Crippen LogP contribution in [0.2, 0.25) is 0 Å². The van der Waals surface area contributed by atoms with Crippen LogP contribution in [-0.4, -0.2) is 70.9 Å². The number of piperidine rings is 1. The maximum Gasteiger partial charge on any atom is 0.409 e. The van der Waals surface area contributed by atoms with Crippen molar-refractivity contribution in [1.82, 2.24) is 30.1 Å². The van der Waals surface area contributed by atoms with E-state index in [0.29, 0.717) is 26.2 Å². The summed E-state index contributed by atoms with van der Waals surface area (Å²) in [6.45, 7) is 4.33. The number of hydrogen-bond donors (Lipinski definition) is 2. The molecule has 0 spiro atoms. The van der Waals surface area contributed by atoms with E-state index in [-0.39, 0.29) is 36.1 Å². The maximum absolute atomic E-state index is 11.8. The minimum atomic E-state index is -0.223. The molecule has 10 heteroatoms. The Morgan fingerprint density at radius 1 is 1.32 bits per heavy atom. The number of halogens is 1. The van der Waals surface area contributed by atoms with Crippen molar-refractivity contribution < 1.29 is 9.53 Å². The van der Waals surface area contributed by atoms with Crippen molar-refractivity contribution in [1.29, 1.82) is 0 Å². The number of aromatic nitrogens is 3. The van der Waals surface area contributed by atoms with Gasteiger partial charge in [0.1, 0.15) is 5.82 Å². The zero-order valence-electron chi connectivity index (χ0n) is 16.3. The first-order chi connectivity index (χ1) is 13.2. The normalized spacial score (nSPS) is 15.2. The van der Waals surface area contributed by atoms with E-state index in [2.05, 4.69) is 25.8 Å². The number of ether oxygens (including phenoxy) is 1. The largest absolute Gasteiger partial charge is 0.450 e. The molecule has 0 atom stereocenters. The molecule has 154 valence electrons. The molecule has 1 saturated heterocycles. The van der Waals surface area contributed by atoms with Crippen LogP contribution in [-0.2, 0) is 11.2 Å². The molecule has 0 aliphatic carbocycles. The number of fused-ring (bicyclic) bond motifs is 1. The van der Waals surface area contributed by atoms with Gasteiger partial charge in [-0.3, -0.25) is 9.39 Å². The van der Waals surface area contributed by atoms with E-state index in [9.17, 15) is 4.79 Å². The van der Waals surface area contributed by atoms with Crippen molar-refractivity contribution in [3.05, 3.63) is 30.2 Å². The molecule has 3 heterocycles. The number of carbonyl (C=O) groups excluding carboxylic acids is 1. The van der Waals surface area contributed by atoms with Crippen molar-refractivity contribution in [3.8, 4) is 0 Å². The molecule has 2 N–H and O–H groups in total. The summed E-state index contributed by atoms with van der Waals surface area (Å²) in [5.41, 5.74) is 0.850. The highest BCUT2D eigenvalue weighted by atomic mass is 127.